The van der Waals surface area contributed by atoms with E-state index < -0.39 is 11.5 Å². The third kappa shape index (κ3) is 5.29. The molecule has 0 atom stereocenters. The number of hydrogen-bond acceptors (Lipinski definition) is 7. The summed E-state index contributed by atoms with van der Waals surface area (Å²) < 4.78 is 30.3. The standard InChI is InChI=1S/C22H24ClFN4O4/c1-30-19-13-18-15(12-20(19)32-8-2-5-28-6-9-31-10-7-28)21(27-22(29)26-18)25-14-3-4-17(24)16(23)11-14/h3-4,11-13H,2,5-10H2,1H3,(H2,25,26,27,29). The molecule has 0 radical (unpaired) electrons. The summed E-state index contributed by atoms with van der Waals surface area (Å²) in [7, 11) is 1.54. The van der Waals surface area contributed by atoms with E-state index in [0.717, 1.165) is 39.3 Å². The average molecular weight is 463 g/mol. The van der Waals surface area contributed by atoms with Crippen molar-refractivity contribution in [1.29, 1.82) is 0 Å². The Morgan fingerprint density at radius 3 is 2.81 bits per heavy atom. The van der Waals surface area contributed by atoms with E-state index in [1.54, 1.807) is 19.2 Å². The lowest BCUT2D eigenvalue weighted by Gasteiger charge is -2.26. The van der Waals surface area contributed by atoms with Crippen molar-refractivity contribution in [3.63, 3.8) is 0 Å². The summed E-state index contributed by atoms with van der Waals surface area (Å²) in [6.07, 6.45) is 0.851. The van der Waals surface area contributed by atoms with Crippen LogP contribution in [0.5, 0.6) is 11.5 Å². The quantitative estimate of drug-likeness (QED) is 0.495. The number of aromatic amines is 1. The molecule has 3 aromatic rings. The van der Waals surface area contributed by atoms with Crippen LogP contribution in [0.4, 0.5) is 15.9 Å². The zero-order chi connectivity index (χ0) is 22.5. The molecule has 32 heavy (non-hydrogen) atoms. The normalized spacial score (nSPS) is 14.5. The first-order valence-electron chi connectivity index (χ1n) is 10.3. The molecule has 0 saturated carbocycles. The van der Waals surface area contributed by atoms with Gasteiger partial charge in [0.05, 0.1) is 37.5 Å². The maximum Gasteiger partial charge on any atom is 0.347 e. The van der Waals surface area contributed by atoms with Gasteiger partial charge in [0.25, 0.3) is 0 Å². The number of morpholine rings is 1. The first kappa shape index (κ1) is 22.3. The molecular weight excluding hydrogens is 439 g/mol. The molecule has 4 rings (SSSR count). The Morgan fingerprint density at radius 2 is 2.06 bits per heavy atom. The molecular formula is C22H24ClFN4O4. The van der Waals surface area contributed by atoms with Crippen molar-refractivity contribution in [2.24, 2.45) is 0 Å². The van der Waals surface area contributed by atoms with E-state index in [1.807, 2.05) is 0 Å². The summed E-state index contributed by atoms with van der Waals surface area (Å²) in [6, 6.07) is 7.64. The number of rotatable bonds is 8. The van der Waals surface area contributed by atoms with Gasteiger partial charge in [-0.3, -0.25) is 4.90 Å². The van der Waals surface area contributed by atoms with Crippen LogP contribution < -0.4 is 20.5 Å². The number of nitrogens with zero attached hydrogens (tertiary/aromatic N) is 2. The minimum absolute atomic E-state index is 0.0323. The van der Waals surface area contributed by atoms with Gasteiger partial charge in [-0.05, 0) is 30.7 Å². The van der Waals surface area contributed by atoms with Gasteiger partial charge in [-0.2, -0.15) is 4.98 Å². The van der Waals surface area contributed by atoms with E-state index in [9.17, 15) is 9.18 Å². The highest BCUT2D eigenvalue weighted by atomic mass is 35.5. The van der Waals surface area contributed by atoms with Crippen molar-refractivity contribution in [3.8, 4) is 11.5 Å². The van der Waals surface area contributed by atoms with Crippen LogP contribution in [-0.2, 0) is 4.74 Å². The van der Waals surface area contributed by atoms with E-state index >= 15 is 0 Å². The van der Waals surface area contributed by atoms with E-state index in [0.29, 0.717) is 40.5 Å². The van der Waals surface area contributed by atoms with Crippen LogP contribution in [0.1, 0.15) is 6.42 Å². The van der Waals surface area contributed by atoms with Crippen molar-refractivity contribution in [2.75, 3.05) is 51.9 Å². The van der Waals surface area contributed by atoms with Crippen molar-refractivity contribution < 1.29 is 18.6 Å². The molecule has 0 spiro atoms. The van der Waals surface area contributed by atoms with E-state index in [1.165, 1.54) is 18.2 Å². The first-order valence-corrected chi connectivity index (χ1v) is 10.7. The molecule has 1 saturated heterocycles. The zero-order valence-corrected chi connectivity index (χ0v) is 18.4. The van der Waals surface area contributed by atoms with Crippen LogP contribution in [-0.4, -0.2) is 61.4 Å². The van der Waals surface area contributed by atoms with Gasteiger partial charge in [0.15, 0.2) is 11.5 Å². The van der Waals surface area contributed by atoms with Crippen LogP contribution in [0.15, 0.2) is 35.1 Å². The van der Waals surface area contributed by atoms with E-state index in [2.05, 4.69) is 20.2 Å². The average Bonchev–Trinajstić information content (AvgIpc) is 2.79. The molecule has 0 bridgehead atoms. The Labute approximate surface area is 189 Å². The van der Waals surface area contributed by atoms with Gasteiger partial charge < -0.3 is 24.5 Å². The third-order valence-electron chi connectivity index (χ3n) is 5.18. The van der Waals surface area contributed by atoms with Crippen LogP contribution >= 0.6 is 11.6 Å². The number of aromatic nitrogens is 2. The lowest BCUT2D eigenvalue weighted by Crippen LogP contribution is -2.37. The van der Waals surface area contributed by atoms with Crippen LogP contribution in [0.25, 0.3) is 10.9 Å². The van der Waals surface area contributed by atoms with E-state index in [4.69, 9.17) is 25.8 Å². The smallest absolute Gasteiger partial charge is 0.347 e. The highest BCUT2D eigenvalue weighted by Gasteiger charge is 2.14. The Bertz CT molecular complexity index is 1150. The Hall–Kier alpha value is -2.88. The molecule has 2 heterocycles. The summed E-state index contributed by atoms with van der Waals surface area (Å²) in [6.45, 7) is 4.82. The summed E-state index contributed by atoms with van der Waals surface area (Å²) >= 11 is 5.87. The molecule has 1 aliphatic heterocycles. The zero-order valence-electron chi connectivity index (χ0n) is 17.6. The van der Waals surface area contributed by atoms with Crippen molar-refractivity contribution in [2.45, 2.75) is 6.42 Å². The summed E-state index contributed by atoms with van der Waals surface area (Å²) in [5.74, 6) is 0.809. The van der Waals surface area contributed by atoms with Gasteiger partial charge in [-0.1, -0.05) is 11.6 Å². The molecule has 2 aromatic carbocycles. The maximum absolute atomic E-state index is 13.5. The van der Waals surface area contributed by atoms with Crippen molar-refractivity contribution in [3.05, 3.63) is 51.7 Å². The number of halogens is 2. The van der Waals surface area contributed by atoms with Gasteiger partial charge in [0.1, 0.15) is 11.6 Å². The maximum atomic E-state index is 13.5. The number of benzene rings is 2. The highest BCUT2D eigenvalue weighted by molar-refractivity contribution is 6.31. The Balaban J connectivity index is 1.56. The van der Waals surface area contributed by atoms with E-state index in [-0.39, 0.29) is 5.02 Å². The van der Waals surface area contributed by atoms with Crippen LogP contribution in [0, 0.1) is 5.82 Å². The molecule has 0 aliphatic carbocycles. The number of fused-ring (bicyclic) bond motifs is 1. The molecule has 10 heteroatoms. The molecule has 1 fully saturated rings. The van der Waals surface area contributed by atoms with Gasteiger partial charge in [0.2, 0.25) is 0 Å². The lowest BCUT2D eigenvalue weighted by atomic mass is 10.2. The van der Waals surface area contributed by atoms with Crippen LogP contribution in [0.2, 0.25) is 5.02 Å². The van der Waals surface area contributed by atoms with Gasteiger partial charge in [0, 0.05) is 36.8 Å². The van der Waals surface area contributed by atoms with Gasteiger partial charge >= 0.3 is 5.69 Å². The fourth-order valence-electron chi connectivity index (χ4n) is 3.54. The molecule has 0 unspecified atom stereocenters. The number of ether oxygens (including phenoxy) is 3. The van der Waals surface area contributed by atoms with Gasteiger partial charge in [-0.25, -0.2) is 9.18 Å². The number of hydrogen-bond donors (Lipinski definition) is 2. The fraction of sp³-hybridized carbons (Fsp3) is 0.364. The minimum Gasteiger partial charge on any atom is -0.493 e. The second-order valence-electron chi connectivity index (χ2n) is 7.35. The number of anilines is 2. The Morgan fingerprint density at radius 1 is 1.25 bits per heavy atom. The topological polar surface area (TPSA) is 88.7 Å². The molecule has 170 valence electrons. The largest absolute Gasteiger partial charge is 0.493 e. The summed E-state index contributed by atoms with van der Waals surface area (Å²) in [5.41, 5.74) is 0.493. The highest BCUT2D eigenvalue weighted by Crippen LogP contribution is 2.34. The first-order chi connectivity index (χ1) is 15.5. The SMILES string of the molecule is COc1cc2[nH]c(=O)nc(Nc3ccc(F)c(Cl)c3)c2cc1OCCCN1CCOCC1. The third-order valence-corrected chi connectivity index (χ3v) is 5.47. The molecule has 8 nitrogen and oxygen atoms in total. The fourth-order valence-corrected chi connectivity index (χ4v) is 3.72. The van der Waals surface area contributed by atoms with Crippen LogP contribution in [0.3, 0.4) is 0 Å². The van der Waals surface area contributed by atoms with Crippen molar-refractivity contribution in [1.82, 2.24) is 14.9 Å². The Kier molecular flexibility index (Phi) is 7.09. The molecule has 0 amide bonds. The molecule has 1 aromatic heterocycles. The van der Waals surface area contributed by atoms with Crippen molar-refractivity contribution >= 4 is 34.0 Å². The number of methoxy groups -OCH3 is 1. The predicted molar refractivity (Wildman–Crippen MR) is 121 cm³/mol. The number of H-pyrrole nitrogens is 1. The second-order valence-corrected chi connectivity index (χ2v) is 7.76. The lowest BCUT2D eigenvalue weighted by molar-refractivity contribution is 0.0357. The molecule has 2 N–H and O–H groups in total. The monoisotopic (exact) mass is 462 g/mol. The minimum atomic E-state index is -0.533. The second kappa shape index (κ2) is 10.2. The predicted octanol–water partition coefficient (Wildman–Crippen LogP) is 3.57. The summed E-state index contributed by atoms with van der Waals surface area (Å²) in [4.78, 5) is 21.2. The number of nitrogens with one attached hydrogen (secondary N) is 2. The summed E-state index contributed by atoms with van der Waals surface area (Å²) in [5, 5.41) is 3.62. The van der Waals surface area contributed by atoms with Gasteiger partial charge in [-0.15, -0.1) is 0 Å². The molecule has 1 aliphatic rings.